The monoisotopic (exact) mass is 241 g/mol. The highest BCUT2D eigenvalue weighted by molar-refractivity contribution is 5.03. The van der Waals surface area contributed by atoms with Gasteiger partial charge in [-0.2, -0.15) is 0 Å². The average Bonchev–Trinajstić information content (AvgIpc) is 2.68. The second kappa shape index (κ2) is 5.25. The molecule has 0 radical (unpaired) electrons. The highest BCUT2D eigenvalue weighted by Crippen LogP contribution is 2.43. The van der Waals surface area contributed by atoms with Crippen molar-refractivity contribution < 1.29 is 9.84 Å². The van der Waals surface area contributed by atoms with E-state index >= 15 is 0 Å². The van der Waals surface area contributed by atoms with E-state index in [1.807, 2.05) is 0 Å². The smallest absolute Gasteiger partial charge is 0.0655 e. The van der Waals surface area contributed by atoms with Crippen molar-refractivity contribution in [2.45, 2.75) is 64.7 Å². The predicted molar refractivity (Wildman–Crippen MR) is 69.0 cm³/mol. The van der Waals surface area contributed by atoms with Gasteiger partial charge in [0.2, 0.25) is 0 Å². The molecule has 2 rings (SSSR count). The molecule has 2 aliphatic rings. The lowest BCUT2D eigenvalue weighted by atomic mass is 9.64. The molecule has 2 saturated carbocycles. The summed E-state index contributed by atoms with van der Waals surface area (Å²) in [6.45, 7) is 8.39. The van der Waals surface area contributed by atoms with E-state index in [-0.39, 0.29) is 11.5 Å². The van der Waals surface area contributed by atoms with Gasteiger partial charge in [-0.1, -0.05) is 20.3 Å². The molecule has 4 atom stereocenters. The first-order chi connectivity index (χ1) is 8.05. The van der Waals surface area contributed by atoms with Crippen molar-refractivity contribution in [3.8, 4) is 0 Å². The minimum Gasteiger partial charge on any atom is -0.393 e. The number of hydrogen-bond acceptors (Lipinski definition) is 3. The summed E-state index contributed by atoms with van der Waals surface area (Å²) in [5, 5.41) is 13.4. The number of ether oxygens (including phenoxy) is 1. The molecule has 3 heteroatoms. The fourth-order valence-corrected chi connectivity index (χ4v) is 3.26. The summed E-state index contributed by atoms with van der Waals surface area (Å²) in [7, 11) is 0. The lowest BCUT2D eigenvalue weighted by Crippen LogP contribution is -2.61. The fourth-order valence-electron chi connectivity index (χ4n) is 3.26. The van der Waals surface area contributed by atoms with Gasteiger partial charge in [0.05, 0.1) is 12.2 Å². The van der Waals surface area contributed by atoms with Crippen LogP contribution in [0, 0.1) is 11.3 Å². The van der Waals surface area contributed by atoms with Crippen LogP contribution in [0.2, 0.25) is 0 Å². The number of aliphatic hydroxyl groups excluding tert-OH is 1. The van der Waals surface area contributed by atoms with E-state index in [1.54, 1.807) is 0 Å². The van der Waals surface area contributed by atoms with Gasteiger partial charge in [-0.15, -0.1) is 0 Å². The maximum absolute atomic E-state index is 9.79. The Kier molecular flexibility index (Phi) is 4.11. The Labute approximate surface area is 105 Å². The van der Waals surface area contributed by atoms with E-state index in [2.05, 4.69) is 26.1 Å². The molecule has 0 aromatic carbocycles. The van der Waals surface area contributed by atoms with E-state index in [4.69, 9.17) is 4.74 Å². The first-order valence-electron chi connectivity index (χ1n) is 7.08. The van der Waals surface area contributed by atoms with Crippen molar-refractivity contribution in [2.75, 3.05) is 13.2 Å². The van der Waals surface area contributed by atoms with Crippen LogP contribution in [0.15, 0.2) is 0 Å². The molecule has 2 aliphatic carbocycles. The summed E-state index contributed by atoms with van der Waals surface area (Å²) >= 11 is 0. The maximum Gasteiger partial charge on any atom is 0.0655 e. The molecule has 0 amide bonds. The largest absolute Gasteiger partial charge is 0.393 e. The van der Waals surface area contributed by atoms with Crippen LogP contribution in [0.1, 0.15) is 46.5 Å². The molecule has 0 bridgehead atoms. The van der Waals surface area contributed by atoms with Crippen LogP contribution in [0.4, 0.5) is 0 Å². The van der Waals surface area contributed by atoms with Crippen molar-refractivity contribution in [3.05, 3.63) is 0 Å². The molecule has 0 spiro atoms. The molecule has 0 saturated heterocycles. The zero-order valence-corrected chi connectivity index (χ0v) is 11.4. The Morgan fingerprint density at radius 2 is 2.12 bits per heavy atom. The minimum absolute atomic E-state index is 0.0756. The first kappa shape index (κ1) is 13.3. The SMILES string of the molecule is CCOC1CC(NCC2CCCC2O)C1(C)C. The maximum atomic E-state index is 9.79. The lowest BCUT2D eigenvalue weighted by Gasteiger charge is -2.52. The summed E-state index contributed by atoms with van der Waals surface area (Å²) in [5.41, 5.74) is 0.236. The molecule has 3 nitrogen and oxygen atoms in total. The van der Waals surface area contributed by atoms with Crippen molar-refractivity contribution in [1.29, 1.82) is 0 Å². The second-order valence-corrected chi connectivity index (χ2v) is 6.22. The van der Waals surface area contributed by atoms with Crippen LogP contribution in [0.25, 0.3) is 0 Å². The van der Waals surface area contributed by atoms with E-state index in [1.165, 1.54) is 12.8 Å². The van der Waals surface area contributed by atoms with E-state index in [0.29, 0.717) is 18.1 Å². The summed E-state index contributed by atoms with van der Waals surface area (Å²) in [4.78, 5) is 0. The van der Waals surface area contributed by atoms with Crippen LogP contribution in [-0.2, 0) is 4.74 Å². The van der Waals surface area contributed by atoms with Gasteiger partial charge in [0, 0.05) is 24.6 Å². The van der Waals surface area contributed by atoms with Gasteiger partial charge in [0.15, 0.2) is 0 Å². The van der Waals surface area contributed by atoms with Crippen LogP contribution in [0.3, 0.4) is 0 Å². The third-order valence-corrected chi connectivity index (χ3v) is 4.79. The van der Waals surface area contributed by atoms with Crippen molar-refractivity contribution in [2.24, 2.45) is 11.3 Å². The van der Waals surface area contributed by atoms with Crippen LogP contribution >= 0.6 is 0 Å². The Hall–Kier alpha value is -0.120. The Balaban J connectivity index is 1.74. The van der Waals surface area contributed by atoms with E-state index < -0.39 is 0 Å². The van der Waals surface area contributed by atoms with Gasteiger partial charge in [-0.05, 0) is 32.1 Å². The van der Waals surface area contributed by atoms with Crippen molar-refractivity contribution in [1.82, 2.24) is 5.32 Å². The summed E-state index contributed by atoms with van der Waals surface area (Å²) < 4.78 is 5.73. The van der Waals surface area contributed by atoms with Gasteiger partial charge in [0.25, 0.3) is 0 Å². The lowest BCUT2D eigenvalue weighted by molar-refractivity contribution is -0.115. The normalized spacial score (nSPS) is 40.2. The Morgan fingerprint density at radius 1 is 1.35 bits per heavy atom. The molecule has 0 aromatic heterocycles. The van der Waals surface area contributed by atoms with Gasteiger partial charge < -0.3 is 15.2 Å². The molecule has 2 fully saturated rings. The number of rotatable bonds is 5. The predicted octanol–water partition coefficient (Wildman–Crippen LogP) is 1.94. The van der Waals surface area contributed by atoms with Gasteiger partial charge in [0.1, 0.15) is 0 Å². The van der Waals surface area contributed by atoms with Crippen molar-refractivity contribution in [3.63, 3.8) is 0 Å². The second-order valence-electron chi connectivity index (χ2n) is 6.22. The van der Waals surface area contributed by atoms with Crippen LogP contribution < -0.4 is 5.32 Å². The van der Waals surface area contributed by atoms with E-state index in [9.17, 15) is 5.11 Å². The standard InChI is InChI=1S/C14H27NO2/c1-4-17-13-8-12(14(13,2)3)15-9-10-6-5-7-11(10)16/h10-13,15-16H,4-9H2,1-3H3. The van der Waals surface area contributed by atoms with Crippen LogP contribution in [0.5, 0.6) is 0 Å². The molecule has 0 aromatic rings. The number of aliphatic hydroxyl groups is 1. The van der Waals surface area contributed by atoms with Crippen LogP contribution in [-0.4, -0.2) is 36.5 Å². The zero-order chi connectivity index (χ0) is 12.5. The van der Waals surface area contributed by atoms with Gasteiger partial charge in [-0.3, -0.25) is 0 Å². The third kappa shape index (κ3) is 2.67. The van der Waals surface area contributed by atoms with Gasteiger partial charge >= 0.3 is 0 Å². The summed E-state index contributed by atoms with van der Waals surface area (Å²) in [6.07, 6.45) is 4.79. The molecule has 100 valence electrons. The molecule has 17 heavy (non-hydrogen) atoms. The molecular formula is C14H27NO2. The van der Waals surface area contributed by atoms with Crippen molar-refractivity contribution >= 4 is 0 Å². The summed E-state index contributed by atoms with van der Waals surface area (Å²) in [5.74, 6) is 0.469. The zero-order valence-electron chi connectivity index (χ0n) is 11.4. The molecule has 0 heterocycles. The third-order valence-electron chi connectivity index (χ3n) is 4.79. The topological polar surface area (TPSA) is 41.5 Å². The number of nitrogens with one attached hydrogen (secondary N) is 1. The minimum atomic E-state index is -0.0756. The quantitative estimate of drug-likeness (QED) is 0.773. The molecule has 4 unspecified atom stereocenters. The fraction of sp³-hybridized carbons (Fsp3) is 1.00. The number of hydrogen-bond donors (Lipinski definition) is 2. The molecule has 0 aliphatic heterocycles. The van der Waals surface area contributed by atoms with Gasteiger partial charge in [-0.25, -0.2) is 0 Å². The Morgan fingerprint density at radius 3 is 2.65 bits per heavy atom. The summed E-state index contributed by atoms with van der Waals surface area (Å²) in [6, 6.07) is 0.548. The molecule has 2 N–H and O–H groups in total. The average molecular weight is 241 g/mol. The highest BCUT2D eigenvalue weighted by atomic mass is 16.5. The molecular weight excluding hydrogens is 214 g/mol. The first-order valence-corrected chi connectivity index (χ1v) is 7.08. The Bertz CT molecular complexity index is 255. The highest BCUT2D eigenvalue weighted by Gasteiger charge is 2.48. The van der Waals surface area contributed by atoms with E-state index in [0.717, 1.165) is 26.0 Å².